The molecule has 158 valence electrons. The third-order valence-corrected chi connectivity index (χ3v) is 5.95. The molecule has 0 bridgehead atoms. The van der Waals surface area contributed by atoms with Crippen molar-refractivity contribution in [1.82, 2.24) is 10.6 Å². The Balaban J connectivity index is 1.56. The van der Waals surface area contributed by atoms with Crippen LogP contribution in [0.3, 0.4) is 0 Å². The molecule has 1 aliphatic rings. The van der Waals surface area contributed by atoms with Gasteiger partial charge in [0, 0.05) is 36.2 Å². The fraction of sp³-hybridized carbons (Fsp3) is 0.269. The lowest BCUT2D eigenvalue weighted by Gasteiger charge is -2.33. The summed E-state index contributed by atoms with van der Waals surface area (Å²) < 4.78 is 20.1. The first-order chi connectivity index (χ1) is 15.2. The molecule has 1 saturated heterocycles. The second-order valence-corrected chi connectivity index (χ2v) is 7.83. The first-order valence-electron chi connectivity index (χ1n) is 10.6. The minimum absolute atomic E-state index is 0.314. The van der Waals surface area contributed by atoms with Crippen LogP contribution in [-0.2, 0) is 6.54 Å². The van der Waals surface area contributed by atoms with Crippen molar-refractivity contribution < 1.29 is 9.13 Å². The van der Waals surface area contributed by atoms with E-state index in [1.165, 1.54) is 11.6 Å². The highest BCUT2D eigenvalue weighted by Crippen LogP contribution is 2.30. The SMILES string of the molecule is COc1ccc(-c2ccc(C#N)cc2F)cc1CN[C@H]1CCNC[C@H]1c1ccccc1. The number of nitrogens with zero attached hydrogens (tertiary/aromatic N) is 1. The van der Waals surface area contributed by atoms with E-state index in [2.05, 4.69) is 34.9 Å². The summed E-state index contributed by atoms with van der Waals surface area (Å²) in [5, 5.41) is 16.2. The normalized spacial score (nSPS) is 18.4. The summed E-state index contributed by atoms with van der Waals surface area (Å²) in [6.45, 7) is 2.55. The zero-order valence-corrected chi connectivity index (χ0v) is 17.6. The topological polar surface area (TPSA) is 57.1 Å². The zero-order valence-electron chi connectivity index (χ0n) is 17.6. The highest BCUT2D eigenvalue weighted by Gasteiger charge is 2.26. The number of nitriles is 1. The fourth-order valence-corrected chi connectivity index (χ4v) is 4.30. The maximum absolute atomic E-state index is 14.5. The van der Waals surface area contributed by atoms with Crippen LogP contribution in [0.1, 0.15) is 29.0 Å². The second-order valence-electron chi connectivity index (χ2n) is 7.83. The smallest absolute Gasteiger partial charge is 0.132 e. The van der Waals surface area contributed by atoms with Gasteiger partial charge in [0.1, 0.15) is 11.6 Å². The molecule has 0 unspecified atom stereocenters. The van der Waals surface area contributed by atoms with Crippen LogP contribution in [0.4, 0.5) is 4.39 Å². The van der Waals surface area contributed by atoms with Crippen molar-refractivity contribution in [2.75, 3.05) is 20.2 Å². The third kappa shape index (κ3) is 4.77. The van der Waals surface area contributed by atoms with Crippen molar-refractivity contribution in [2.24, 2.45) is 0 Å². The molecule has 1 heterocycles. The summed E-state index contributed by atoms with van der Waals surface area (Å²) in [6.07, 6.45) is 1.03. The van der Waals surface area contributed by atoms with Crippen molar-refractivity contribution in [3.8, 4) is 22.9 Å². The molecular formula is C26H26FN3O. The van der Waals surface area contributed by atoms with E-state index in [-0.39, 0.29) is 0 Å². The highest BCUT2D eigenvalue weighted by atomic mass is 19.1. The van der Waals surface area contributed by atoms with E-state index in [0.29, 0.717) is 29.6 Å². The van der Waals surface area contributed by atoms with E-state index >= 15 is 0 Å². The number of nitrogens with one attached hydrogen (secondary N) is 2. The maximum atomic E-state index is 14.5. The lowest BCUT2D eigenvalue weighted by molar-refractivity contribution is 0.337. The molecule has 4 nitrogen and oxygen atoms in total. The first-order valence-corrected chi connectivity index (χ1v) is 10.6. The van der Waals surface area contributed by atoms with Gasteiger partial charge in [-0.15, -0.1) is 0 Å². The molecule has 1 fully saturated rings. The monoisotopic (exact) mass is 415 g/mol. The number of piperidine rings is 1. The van der Waals surface area contributed by atoms with Crippen molar-refractivity contribution in [2.45, 2.75) is 24.9 Å². The van der Waals surface area contributed by atoms with Crippen LogP contribution in [0.5, 0.6) is 5.75 Å². The van der Waals surface area contributed by atoms with Gasteiger partial charge in [-0.3, -0.25) is 0 Å². The molecule has 0 spiro atoms. The van der Waals surface area contributed by atoms with Crippen LogP contribution in [-0.4, -0.2) is 26.2 Å². The van der Waals surface area contributed by atoms with Gasteiger partial charge >= 0.3 is 0 Å². The minimum atomic E-state index is -0.398. The van der Waals surface area contributed by atoms with Gasteiger partial charge in [0.2, 0.25) is 0 Å². The Morgan fingerprint density at radius 3 is 2.71 bits per heavy atom. The van der Waals surface area contributed by atoms with E-state index in [1.54, 1.807) is 19.2 Å². The Bertz CT molecular complexity index is 1080. The Morgan fingerprint density at radius 2 is 1.97 bits per heavy atom. The molecule has 2 atom stereocenters. The lowest BCUT2D eigenvalue weighted by atomic mass is 9.86. The van der Waals surface area contributed by atoms with Crippen LogP contribution < -0.4 is 15.4 Å². The zero-order chi connectivity index (χ0) is 21.6. The van der Waals surface area contributed by atoms with Crippen LogP contribution in [0, 0.1) is 17.1 Å². The number of benzene rings is 3. The average molecular weight is 416 g/mol. The fourth-order valence-electron chi connectivity index (χ4n) is 4.30. The molecule has 0 aromatic heterocycles. The summed E-state index contributed by atoms with van der Waals surface area (Å²) in [5.74, 6) is 0.765. The number of hydrogen-bond acceptors (Lipinski definition) is 4. The minimum Gasteiger partial charge on any atom is -0.496 e. The predicted molar refractivity (Wildman–Crippen MR) is 120 cm³/mol. The number of ether oxygens (including phenoxy) is 1. The summed E-state index contributed by atoms with van der Waals surface area (Å²) in [5.41, 5.74) is 3.87. The molecule has 31 heavy (non-hydrogen) atoms. The van der Waals surface area contributed by atoms with Crippen LogP contribution >= 0.6 is 0 Å². The standard InChI is InChI=1S/C26H26FN3O/c1-31-26-10-8-20(22-9-7-18(15-28)13-24(22)27)14-21(26)16-30-25-11-12-29-17-23(25)19-5-3-2-4-6-19/h2-10,13-14,23,25,29-30H,11-12,16-17H2,1H3/t23-,25-/m0/s1. The van der Waals surface area contributed by atoms with E-state index in [0.717, 1.165) is 36.4 Å². The largest absolute Gasteiger partial charge is 0.496 e. The van der Waals surface area contributed by atoms with Gasteiger partial charge in [-0.05, 0) is 48.4 Å². The highest BCUT2D eigenvalue weighted by molar-refractivity contribution is 5.67. The van der Waals surface area contributed by atoms with Crippen molar-refractivity contribution in [3.63, 3.8) is 0 Å². The Kier molecular flexibility index (Phi) is 6.61. The molecule has 3 aromatic rings. The van der Waals surface area contributed by atoms with Crippen molar-refractivity contribution >= 4 is 0 Å². The molecule has 0 aliphatic carbocycles. The van der Waals surface area contributed by atoms with E-state index in [4.69, 9.17) is 10.00 Å². The van der Waals surface area contributed by atoms with Gasteiger partial charge in [0.05, 0.1) is 18.7 Å². The molecule has 0 radical (unpaired) electrons. The molecule has 3 aromatic carbocycles. The summed E-state index contributed by atoms with van der Waals surface area (Å²) in [6, 6.07) is 23.2. The van der Waals surface area contributed by atoms with Crippen LogP contribution in [0.2, 0.25) is 0 Å². The van der Waals surface area contributed by atoms with Crippen molar-refractivity contribution in [3.05, 3.63) is 89.2 Å². The average Bonchev–Trinajstić information content (AvgIpc) is 2.83. The van der Waals surface area contributed by atoms with E-state index in [1.807, 2.05) is 30.3 Å². The second kappa shape index (κ2) is 9.74. The van der Waals surface area contributed by atoms with Gasteiger partial charge in [0.25, 0.3) is 0 Å². The number of hydrogen-bond donors (Lipinski definition) is 2. The van der Waals surface area contributed by atoms with Gasteiger partial charge < -0.3 is 15.4 Å². The molecule has 0 saturated carbocycles. The summed E-state index contributed by atoms with van der Waals surface area (Å²) >= 11 is 0. The van der Waals surface area contributed by atoms with Gasteiger partial charge in [-0.2, -0.15) is 5.26 Å². The first kappa shape index (κ1) is 21.0. The summed E-state index contributed by atoms with van der Waals surface area (Å²) in [7, 11) is 1.65. The maximum Gasteiger partial charge on any atom is 0.132 e. The molecule has 5 heteroatoms. The van der Waals surface area contributed by atoms with E-state index < -0.39 is 5.82 Å². The van der Waals surface area contributed by atoms with Gasteiger partial charge in [-0.1, -0.05) is 42.5 Å². The molecule has 0 amide bonds. The number of methoxy groups -OCH3 is 1. The lowest BCUT2D eigenvalue weighted by Crippen LogP contribution is -2.45. The summed E-state index contributed by atoms with van der Waals surface area (Å²) in [4.78, 5) is 0. The van der Waals surface area contributed by atoms with Crippen LogP contribution in [0.25, 0.3) is 11.1 Å². The Hall–Kier alpha value is -3.20. The number of halogens is 1. The molecular weight excluding hydrogens is 389 g/mol. The quantitative estimate of drug-likeness (QED) is 0.617. The van der Waals surface area contributed by atoms with E-state index in [9.17, 15) is 4.39 Å². The third-order valence-electron chi connectivity index (χ3n) is 5.95. The van der Waals surface area contributed by atoms with Crippen LogP contribution in [0.15, 0.2) is 66.7 Å². The Morgan fingerprint density at radius 1 is 1.13 bits per heavy atom. The molecule has 4 rings (SSSR count). The predicted octanol–water partition coefficient (Wildman–Crippen LogP) is 4.61. The molecule has 2 N–H and O–H groups in total. The number of rotatable bonds is 6. The van der Waals surface area contributed by atoms with Gasteiger partial charge in [-0.25, -0.2) is 4.39 Å². The Labute approximate surface area is 182 Å². The van der Waals surface area contributed by atoms with Gasteiger partial charge in [0.15, 0.2) is 0 Å². The molecule has 1 aliphatic heterocycles. The van der Waals surface area contributed by atoms with Crippen molar-refractivity contribution in [1.29, 1.82) is 5.26 Å².